The number of rotatable bonds is 4. The van der Waals surface area contributed by atoms with Crippen molar-refractivity contribution >= 4 is 38.8 Å². The van der Waals surface area contributed by atoms with E-state index in [1.165, 1.54) is 22.2 Å². The van der Waals surface area contributed by atoms with Crippen molar-refractivity contribution in [1.82, 2.24) is 14.3 Å². The number of sulfonamides is 1. The zero-order chi connectivity index (χ0) is 13.3. The molecule has 0 unspecified atom stereocenters. The molecule has 0 amide bonds. The van der Waals surface area contributed by atoms with E-state index in [4.69, 9.17) is 17.3 Å². The molecular weight excluding hydrogens is 296 g/mol. The lowest BCUT2D eigenvalue weighted by Gasteiger charge is -2.06. The molecule has 0 saturated carbocycles. The van der Waals surface area contributed by atoms with Crippen LogP contribution in [0.15, 0.2) is 23.5 Å². The molecule has 0 spiro atoms. The van der Waals surface area contributed by atoms with Gasteiger partial charge >= 0.3 is 0 Å². The molecule has 2 heterocycles. The van der Waals surface area contributed by atoms with E-state index in [0.717, 1.165) is 4.88 Å². The number of nitrogens with zero attached hydrogens (tertiary/aromatic N) is 2. The Morgan fingerprint density at radius 2 is 2.28 bits per heavy atom. The monoisotopic (exact) mass is 306 g/mol. The van der Waals surface area contributed by atoms with Crippen molar-refractivity contribution < 1.29 is 8.42 Å². The van der Waals surface area contributed by atoms with Crippen molar-refractivity contribution in [3.63, 3.8) is 0 Å². The van der Waals surface area contributed by atoms with Crippen molar-refractivity contribution in [3.05, 3.63) is 27.7 Å². The molecule has 0 aliphatic rings. The van der Waals surface area contributed by atoms with Gasteiger partial charge in [0.05, 0.1) is 10.7 Å². The molecule has 18 heavy (non-hydrogen) atoms. The van der Waals surface area contributed by atoms with Gasteiger partial charge in [-0.25, -0.2) is 18.1 Å². The van der Waals surface area contributed by atoms with Crippen molar-refractivity contribution in [2.75, 3.05) is 5.73 Å². The van der Waals surface area contributed by atoms with Gasteiger partial charge in [0.1, 0.15) is 0 Å². The Morgan fingerprint density at radius 3 is 2.78 bits per heavy atom. The molecule has 2 rings (SSSR count). The van der Waals surface area contributed by atoms with Gasteiger partial charge in [0.15, 0.2) is 10.8 Å². The highest BCUT2D eigenvalue weighted by atomic mass is 35.5. The highest BCUT2D eigenvalue weighted by Gasteiger charge is 2.22. The maximum atomic E-state index is 12.0. The van der Waals surface area contributed by atoms with E-state index in [1.54, 1.807) is 19.2 Å². The lowest BCUT2D eigenvalue weighted by Crippen LogP contribution is -2.25. The summed E-state index contributed by atoms with van der Waals surface area (Å²) in [7, 11) is -2.11. The zero-order valence-corrected chi connectivity index (χ0v) is 11.8. The van der Waals surface area contributed by atoms with Crippen molar-refractivity contribution in [2.24, 2.45) is 7.05 Å². The zero-order valence-electron chi connectivity index (χ0n) is 9.42. The summed E-state index contributed by atoms with van der Waals surface area (Å²) >= 11 is 7.09. The van der Waals surface area contributed by atoms with E-state index in [-0.39, 0.29) is 17.4 Å². The topological polar surface area (TPSA) is 90.0 Å². The first-order valence-electron chi connectivity index (χ1n) is 4.91. The summed E-state index contributed by atoms with van der Waals surface area (Å²) in [5, 5.41) is -0.0369. The quantitative estimate of drug-likeness (QED) is 0.888. The maximum absolute atomic E-state index is 12.0. The first-order chi connectivity index (χ1) is 8.40. The van der Waals surface area contributed by atoms with E-state index >= 15 is 0 Å². The number of aryl methyl sites for hydroxylation is 1. The van der Waals surface area contributed by atoms with E-state index in [0.29, 0.717) is 4.34 Å². The van der Waals surface area contributed by atoms with E-state index in [9.17, 15) is 8.42 Å². The molecule has 98 valence electrons. The minimum Gasteiger partial charge on any atom is -0.381 e. The second kappa shape index (κ2) is 4.88. The summed E-state index contributed by atoms with van der Waals surface area (Å²) in [6, 6.07) is 3.48. The largest absolute Gasteiger partial charge is 0.381 e. The second-order valence-electron chi connectivity index (χ2n) is 3.58. The Kier molecular flexibility index (Phi) is 3.62. The van der Waals surface area contributed by atoms with Gasteiger partial charge in [0.2, 0.25) is 0 Å². The molecule has 0 aliphatic heterocycles. The number of thiophene rings is 1. The number of halogens is 1. The molecule has 6 nitrogen and oxygen atoms in total. The van der Waals surface area contributed by atoms with Crippen LogP contribution in [0.3, 0.4) is 0 Å². The average Bonchev–Trinajstić information content (AvgIpc) is 2.83. The van der Waals surface area contributed by atoms with E-state index in [2.05, 4.69) is 9.71 Å². The standard InChI is InChI=1S/C9H11ClN4O2S2/c1-14-5-12-8(11)9(14)18(15,16)13-4-6-2-3-7(10)17-6/h2-3,5,13H,4,11H2,1H3. The molecule has 0 radical (unpaired) electrons. The number of anilines is 1. The minimum atomic E-state index is -3.68. The molecule has 0 fully saturated rings. The van der Waals surface area contributed by atoms with Crippen LogP contribution in [0.4, 0.5) is 5.82 Å². The van der Waals surface area contributed by atoms with Gasteiger partial charge in [-0.05, 0) is 12.1 Å². The Labute approximate surface area is 113 Å². The summed E-state index contributed by atoms with van der Waals surface area (Å²) in [5.41, 5.74) is 5.53. The first-order valence-corrected chi connectivity index (χ1v) is 7.58. The lowest BCUT2D eigenvalue weighted by atomic mass is 10.5. The van der Waals surface area contributed by atoms with Gasteiger partial charge in [-0.2, -0.15) is 0 Å². The molecule has 0 aromatic carbocycles. The summed E-state index contributed by atoms with van der Waals surface area (Å²) < 4.78 is 28.5. The fourth-order valence-corrected chi connectivity index (χ4v) is 3.80. The third-order valence-corrected chi connectivity index (χ3v) is 4.99. The number of nitrogens with two attached hydrogens (primary N) is 1. The van der Waals surface area contributed by atoms with Crippen LogP contribution in [-0.2, 0) is 23.6 Å². The molecule has 0 atom stereocenters. The number of nitrogens with one attached hydrogen (secondary N) is 1. The van der Waals surface area contributed by atoms with Crippen LogP contribution < -0.4 is 10.5 Å². The predicted molar refractivity (Wildman–Crippen MR) is 71.0 cm³/mol. The lowest BCUT2D eigenvalue weighted by molar-refractivity contribution is 0.572. The van der Waals surface area contributed by atoms with Crippen molar-refractivity contribution in [1.29, 1.82) is 0 Å². The van der Waals surface area contributed by atoms with Crippen LogP contribution in [0.5, 0.6) is 0 Å². The number of aromatic nitrogens is 2. The highest BCUT2D eigenvalue weighted by Crippen LogP contribution is 2.22. The van der Waals surface area contributed by atoms with Gasteiger partial charge in [0, 0.05) is 18.5 Å². The second-order valence-corrected chi connectivity index (χ2v) is 7.06. The Bertz CT molecular complexity index is 642. The third kappa shape index (κ3) is 2.66. The van der Waals surface area contributed by atoms with Gasteiger partial charge in [-0.15, -0.1) is 11.3 Å². The SMILES string of the molecule is Cn1cnc(N)c1S(=O)(=O)NCc1ccc(Cl)s1. The Hall–Kier alpha value is -1.09. The summed E-state index contributed by atoms with van der Waals surface area (Å²) in [6.45, 7) is 0.171. The maximum Gasteiger partial charge on any atom is 0.260 e. The van der Waals surface area contributed by atoms with E-state index in [1.807, 2.05) is 0 Å². The molecule has 3 N–H and O–H groups in total. The number of hydrogen-bond donors (Lipinski definition) is 2. The van der Waals surface area contributed by atoms with Crippen molar-refractivity contribution in [2.45, 2.75) is 11.6 Å². The Morgan fingerprint density at radius 1 is 1.56 bits per heavy atom. The molecule has 2 aromatic rings. The molecule has 0 bridgehead atoms. The minimum absolute atomic E-state index is 0.0192. The van der Waals surface area contributed by atoms with E-state index < -0.39 is 10.0 Å². The van der Waals surface area contributed by atoms with Gasteiger partial charge < -0.3 is 10.3 Å². The third-order valence-electron chi connectivity index (χ3n) is 2.23. The fraction of sp³-hybridized carbons (Fsp3) is 0.222. The Balaban J connectivity index is 2.18. The average molecular weight is 307 g/mol. The first kappa shape index (κ1) is 13.3. The number of hydrogen-bond acceptors (Lipinski definition) is 5. The number of nitrogen functional groups attached to an aromatic ring is 1. The molecule has 9 heteroatoms. The van der Waals surface area contributed by atoms with Crippen molar-refractivity contribution in [3.8, 4) is 0 Å². The predicted octanol–water partition coefficient (Wildman–Crippen LogP) is 1.20. The van der Waals surface area contributed by atoms with Crippen LogP contribution >= 0.6 is 22.9 Å². The molecule has 2 aromatic heterocycles. The van der Waals surface area contributed by atoms with Gasteiger partial charge in [-0.3, -0.25) is 0 Å². The summed E-state index contributed by atoms with van der Waals surface area (Å²) in [6.07, 6.45) is 1.35. The van der Waals surface area contributed by atoms with Crippen LogP contribution in [0.25, 0.3) is 0 Å². The normalized spacial score (nSPS) is 11.9. The highest BCUT2D eigenvalue weighted by molar-refractivity contribution is 7.89. The van der Waals surface area contributed by atoms with Gasteiger partial charge in [0.25, 0.3) is 10.0 Å². The van der Waals surface area contributed by atoms with Crippen LogP contribution in [0.2, 0.25) is 4.34 Å². The summed E-state index contributed by atoms with van der Waals surface area (Å²) in [5.74, 6) is -0.0192. The number of imidazole rings is 1. The van der Waals surface area contributed by atoms with Crippen LogP contribution in [0, 0.1) is 0 Å². The van der Waals surface area contributed by atoms with Gasteiger partial charge in [-0.1, -0.05) is 11.6 Å². The smallest absolute Gasteiger partial charge is 0.260 e. The van der Waals surface area contributed by atoms with Crippen LogP contribution in [0.1, 0.15) is 4.88 Å². The molecule has 0 saturated heterocycles. The summed E-state index contributed by atoms with van der Waals surface area (Å²) in [4.78, 5) is 4.57. The van der Waals surface area contributed by atoms with Crippen LogP contribution in [-0.4, -0.2) is 18.0 Å². The fourth-order valence-electron chi connectivity index (χ4n) is 1.45. The molecule has 0 aliphatic carbocycles. The molecular formula is C9H11ClN4O2S2.